The molecule has 0 bridgehead atoms. The summed E-state index contributed by atoms with van der Waals surface area (Å²) in [6, 6.07) is -0.371. The van der Waals surface area contributed by atoms with Gasteiger partial charge in [-0.2, -0.15) is 13.2 Å². The van der Waals surface area contributed by atoms with Gasteiger partial charge in [-0.25, -0.2) is 8.42 Å². The molecule has 0 aliphatic rings. The van der Waals surface area contributed by atoms with E-state index in [0.29, 0.717) is 0 Å². The molecule has 0 aliphatic heterocycles. The number of carbonyl (C=O) groups is 1. The van der Waals surface area contributed by atoms with Crippen molar-refractivity contribution in [1.29, 1.82) is 0 Å². The van der Waals surface area contributed by atoms with Crippen molar-refractivity contribution in [1.82, 2.24) is 5.32 Å². The second-order valence-corrected chi connectivity index (χ2v) is 7.13. The molecule has 0 aromatic carbocycles. The summed E-state index contributed by atoms with van der Waals surface area (Å²) in [7, 11) is 0.945. The van der Waals surface area contributed by atoms with Gasteiger partial charge in [-0.15, -0.1) is 0 Å². The molecule has 1 unspecified atom stereocenters. The molecule has 1 aromatic heterocycles. The third kappa shape index (κ3) is 4.98. The Morgan fingerprint density at radius 2 is 2.10 bits per heavy atom. The fraction of sp³-hybridized carbons (Fsp3) is 0.444. The van der Waals surface area contributed by atoms with Gasteiger partial charge in [0.1, 0.15) is 4.90 Å². The molecule has 0 saturated carbocycles. The molecule has 114 valence electrons. The number of furan rings is 1. The molecule has 5 nitrogen and oxygen atoms in total. The second-order valence-electron chi connectivity index (χ2n) is 3.88. The highest BCUT2D eigenvalue weighted by atomic mass is 79.9. The van der Waals surface area contributed by atoms with Crippen molar-refractivity contribution in [2.24, 2.45) is 0 Å². The van der Waals surface area contributed by atoms with Crippen LogP contribution < -0.4 is 5.32 Å². The van der Waals surface area contributed by atoms with E-state index in [1.165, 1.54) is 0 Å². The summed E-state index contributed by atoms with van der Waals surface area (Å²) < 4.78 is 63.0. The lowest BCUT2D eigenvalue weighted by molar-refractivity contribution is -0.138. The molecule has 1 heterocycles. The summed E-state index contributed by atoms with van der Waals surface area (Å²) in [6.45, 7) is 1.16. The van der Waals surface area contributed by atoms with Crippen molar-refractivity contribution in [2.75, 3.05) is 0 Å². The first-order valence-electron chi connectivity index (χ1n) is 5.02. The molecule has 0 radical (unpaired) electrons. The zero-order valence-electron chi connectivity index (χ0n) is 9.79. The number of nitrogens with one attached hydrogen (secondary N) is 1. The first kappa shape index (κ1) is 17.3. The fourth-order valence-corrected chi connectivity index (χ4v) is 3.36. The quantitative estimate of drug-likeness (QED) is 0.791. The van der Waals surface area contributed by atoms with Crippen LogP contribution in [0.1, 0.15) is 23.9 Å². The van der Waals surface area contributed by atoms with Crippen LogP contribution in [0.2, 0.25) is 0 Å². The van der Waals surface area contributed by atoms with Gasteiger partial charge in [-0.1, -0.05) is 0 Å². The molecule has 0 saturated heterocycles. The SMILES string of the molecule is CC(CC(F)(F)F)NC(=O)c1cc(S(=O)(=O)Cl)c(Br)o1. The fourth-order valence-electron chi connectivity index (χ4n) is 1.32. The van der Waals surface area contributed by atoms with E-state index in [2.05, 4.69) is 15.9 Å². The van der Waals surface area contributed by atoms with Crippen LogP contribution in [0.5, 0.6) is 0 Å². The number of hydrogen-bond acceptors (Lipinski definition) is 4. The van der Waals surface area contributed by atoms with E-state index in [1.54, 1.807) is 0 Å². The van der Waals surface area contributed by atoms with Crippen LogP contribution in [0.3, 0.4) is 0 Å². The van der Waals surface area contributed by atoms with Crippen molar-refractivity contribution >= 4 is 41.6 Å². The van der Waals surface area contributed by atoms with Gasteiger partial charge in [-0.3, -0.25) is 4.79 Å². The van der Waals surface area contributed by atoms with Gasteiger partial charge >= 0.3 is 6.18 Å². The maximum absolute atomic E-state index is 12.1. The van der Waals surface area contributed by atoms with Crippen LogP contribution in [0.15, 0.2) is 20.0 Å². The molecule has 0 aliphatic carbocycles. The Hall–Kier alpha value is -0.740. The minimum Gasteiger partial charge on any atom is -0.443 e. The van der Waals surface area contributed by atoms with E-state index < -0.39 is 44.3 Å². The Labute approximate surface area is 125 Å². The van der Waals surface area contributed by atoms with Crippen LogP contribution in [0.25, 0.3) is 0 Å². The van der Waals surface area contributed by atoms with Gasteiger partial charge < -0.3 is 9.73 Å². The maximum atomic E-state index is 12.1. The van der Waals surface area contributed by atoms with Crippen molar-refractivity contribution in [2.45, 2.75) is 30.5 Å². The lowest BCUT2D eigenvalue weighted by Gasteiger charge is -2.14. The average molecular weight is 399 g/mol. The molecule has 20 heavy (non-hydrogen) atoms. The molecule has 1 rings (SSSR count). The van der Waals surface area contributed by atoms with E-state index in [9.17, 15) is 26.4 Å². The Kier molecular flexibility index (Phi) is 5.14. The standard InChI is InChI=1S/C9H8BrClF3NO4S/c1-4(3-9(12,13)14)15-8(16)5-2-6(7(10)19-5)20(11,17)18/h2,4H,3H2,1H3,(H,15,16). The van der Waals surface area contributed by atoms with Gasteiger partial charge in [0.05, 0.1) is 6.42 Å². The van der Waals surface area contributed by atoms with E-state index in [1.807, 2.05) is 5.32 Å². The van der Waals surface area contributed by atoms with Gasteiger partial charge in [0.2, 0.25) is 0 Å². The average Bonchev–Trinajstić information content (AvgIpc) is 2.56. The molecule has 1 amide bonds. The number of alkyl halides is 3. The molecule has 1 aromatic rings. The van der Waals surface area contributed by atoms with Crippen LogP contribution in [-0.2, 0) is 9.05 Å². The number of hydrogen-bond donors (Lipinski definition) is 1. The Bertz CT molecular complexity index is 613. The number of halogens is 5. The monoisotopic (exact) mass is 397 g/mol. The summed E-state index contributed by atoms with van der Waals surface area (Å²) in [5, 5.41) is 2.03. The minimum absolute atomic E-state index is 0.305. The molecular weight excluding hydrogens is 391 g/mol. The van der Waals surface area contributed by atoms with Gasteiger partial charge in [0.25, 0.3) is 15.0 Å². The largest absolute Gasteiger partial charge is 0.443 e. The van der Waals surface area contributed by atoms with Crippen LogP contribution in [0.4, 0.5) is 13.2 Å². The minimum atomic E-state index is -4.43. The predicted molar refractivity (Wildman–Crippen MR) is 67.0 cm³/mol. The highest BCUT2D eigenvalue weighted by molar-refractivity contribution is 9.10. The summed E-state index contributed by atoms with van der Waals surface area (Å²) in [5.74, 6) is -1.45. The Morgan fingerprint density at radius 3 is 2.50 bits per heavy atom. The molecule has 0 fully saturated rings. The summed E-state index contributed by atoms with van der Waals surface area (Å²) in [6.07, 6.45) is -5.65. The van der Waals surface area contributed by atoms with Crippen LogP contribution in [-0.4, -0.2) is 26.5 Å². The summed E-state index contributed by atoms with van der Waals surface area (Å²) >= 11 is 2.75. The van der Waals surface area contributed by atoms with Crippen molar-refractivity contribution < 1.29 is 30.8 Å². The van der Waals surface area contributed by atoms with Crippen molar-refractivity contribution in [3.05, 3.63) is 16.5 Å². The zero-order chi connectivity index (χ0) is 15.7. The first-order chi connectivity index (χ1) is 8.90. The Morgan fingerprint density at radius 1 is 1.55 bits per heavy atom. The normalized spacial score (nSPS) is 14.1. The zero-order valence-corrected chi connectivity index (χ0v) is 13.0. The smallest absolute Gasteiger partial charge is 0.391 e. The van der Waals surface area contributed by atoms with Crippen LogP contribution >= 0.6 is 26.6 Å². The predicted octanol–water partition coefficient (Wildman–Crippen LogP) is 3.04. The molecule has 1 atom stereocenters. The maximum Gasteiger partial charge on any atom is 0.391 e. The molecule has 1 N–H and O–H groups in total. The summed E-state index contributed by atoms with van der Waals surface area (Å²) in [5.41, 5.74) is 0. The third-order valence-corrected chi connectivity index (χ3v) is 4.24. The van der Waals surface area contributed by atoms with Crippen molar-refractivity contribution in [3.8, 4) is 0 Å². The lowest BCUT2D eigenvalue weighted by Crippen LogP contribution is -2.35. The number of amides is 1. The van der Waals surface area contributed by atoms with Crippen molar-refractivity contribution in [3.63, 3.8) is 0 Å². The van der Waals surface area contributed by atoms with E-state index in [-0.39, 0.29) is 4.67 Å². The van der Waals surface area contributed by atoms with E-state index in [4.69, 9.17) is 15.1 Å². The second kappa shape index (κ2) is 5.94. The van der Waals surface area contributed by atoms with Gasteiger partial charge in [0.15, 0.2) is 10.4 Å². The number of rotatable bonds is 4. The first-order valence-corrected chi connectivity index (χ1v) is 8.12. The van der Waals surface area contributed by atoms with E-state index in [0.717, 1.165) is 13.0 Å². The summed E-state index contributed by atoms with van der Waals surface area (Å²) in [4.78, 5) is 11.1. The molecule has 11 heteroatoms. The number of carbonyl (C=O) groups excluding carboxylic acids is 1. The van der Waals surface area contributed by atoms with Gasteiger partial charge in [0, 0.05) is 22.8 Å². The lowest BCUT2D eigenvalue weighted by atomic mass is 10.2. The Balaban J connectivity index is 2.84. The molecular formula is C9H8BrClF3NO4S. The topological polar surface area (TPSA) is 76.4 Å². The van der Waals surface area contributed by atoms with Crippen LogP contribution in [0, 0.1) is 0 Å². The van der Waals surface area contributed by atoms with Gasteiger partial charge in [-0.05, 0) is 22.9 Å². The highest BCUT2D eigenvalue weighted by Gasteiger charge is 2.31. The van der Waals surface area contributed by atoms with E-state index >= 15 is 0 Å². The third-order valence-electron chi connectivity index (χ3n) is 2.06. The highest BCUT2D eigenvalue weighted by Crippen LogP contribution is 2.29. The molecule has 0 spiro atoms.